The molecule has 2 amide bonds. The average molecular weight is 458 g/mol. The molecule has 0 saturated carbocycles. The molecule has 2 heterocycles. The molecule has 3 rings (SSSR count). The highest BCUT2D eigenvalue weighted by Crippen LogP contribution is 2.20. The fraction of sp³-hybridized carbons (Fsp3) is 0.600. The van der Waals surface area contributed by atoms with Crippen LogP contribution in [0.3, 0.4) is 0 Å². The molecule has 0 radical (unpaired) electrons. The molecule has 0 aliphatic carbocycles. The van der Waals surface area contributed by atoms with Gasteiger partial charge in [0, 0.05) is 24.7 Å². The van der Waals surface area contributed by atoms with Crippen molar-refractivity contribution in [3.05, 3.63) is 34.9 Å². The maximum absolute atomic E-state index is 12.9. The number of rotatable bonds is 8. The summed E-state index contributed by atoms with van der Waals surface area (Å²) in [7, 11) is -3.65. The Hall–Kier alpha value is -1.68. The van der Waals surface area contributed by atoms with E-state index in [2.05, 4.69) is 4.72 Å². The number of hydrogen-bond donors (Lipinski definition) is 1. The molecule has 10 heteroatoms. The summed E-state index contributed by atoms with van der Waals surface area (Å²) in [6.45, 7) is 4.23. The van der Waals surface area contributed by atoms with Crippen molar-refractivity contribution in [2.45, 2.75) is 38.3 Å². The van der Waals surface area contributed by atoms with Gasteiger partial charge in [0.1, 0.15) is 12.1 Å². The Balaban J connectivity index is 1.57. The van der Waals surface area contributed by atoms with Crippen molar-refractivity contribution in [1.82, 2.24) is 14.5 Å². The van der Waals surface area contributed by atoms with E-state index in [1.165, 1.54) is 4.90 Å². The Kier molecular flexibility index (Phi) is 7.73. The Morgan fingerprint density at radius 3 is 2.53 bits per heavy atom. The van der Waals surface area contributed by atoms with E-state index < -0.39 is 22.1 Å². The van der Waals surface area contributed by atoms with Crippen LogP contribution >= 0.6 is 11.6 Å². The van der Waals surface area contributed by atoms with Crippen LogP contribution in [0, 0.1) is 0 Å². The first-order chi connectivity index (χ1) is 14.3. The first-order valence-corrected chi connectivity index (χ1v) is 12.2. The molecule has 2 saturated heterocycles. The second-order valence-corrected chi connectivity index (χ2v) is 9.86. The van der Waals surface area contributed by atoms with E-state index >= 15 is 0 Å². The lowest BCUT2D eigenvalue weighted by Gasteiger charge is -2.34. The molecule has 2 aliphatic rings. The molecule has 1 aromatic carbocycles. The van der Waals surface area contributed by atoms with Crippen LogP contribution in [-0.4, -0.2) is 80.7 Å². The van der Waals surface area contributed by atoms with Gasteiger partial charge in [-0.3, -0.25) is 9.59 Å². The molecule has 2 atom stereocenters. The molecule has 8 nitrogen and oxygen atoms in total. The fourth-order valence-electron chi connectivity index (χ4n) is 3.82. The van der Waals surface area contributed by atoms with E-state index in [0.717, 1.165) is 5.56 Å². The van der Waals surface area contributed by atoms with E-state index in [1.807, 2.05) is 6.92 Å². The number of carbonyl (C=O) groups excluding carboxylic acids is 2. The predicted molar refractivity (Wildman–Crippen MR) is 114 cm³/mol. The number of benzene rings is 1. The normalized spacial score (nSPS) is 21.1. The van der Waals surface area contributed by atoms with Gasteiger partial charge in [-0.25, -0.2) is 13.1 Å². The van der Waals surface area contributed by atoms with Gasteiger partial charge in [-0.05, 0) is 37.0 Å². The number of ether oxygens (including phenoxy) is 1. The maximum atomic E-state index is 12.9. The minimum absolute atomic E-state index is 0.0969. The minimum Gasteiger partial charge on any atom is -0.378 e. The third kappa shape index (κ3) is 5.72. The van der Waals surface area contributed by atoms with Gasteiger partial charge < -0.3 is 14.5 Å². The number of likely N-dealkylation sites (tertiary alicyclic amines) is 1. The van der Waals surface area contributed by atoms with Crippen LogP contribution in [0.1, 0.15) is 25.3 Å². The number of carbonyl (C=O) groups is 2. The van der Waals surface area contributed by atoms with Crippen molar-refractivity contribution in [3.8, 4) is 0 Å². The highest BCUT2D eigenvalue weighted by atomic mass is 35.5. The van der Waals surface area contributed by atoms with E-state index in [1.54, 1.807) is 29.2 Å². The predicted octanol–water partition coefficient (Wildman–Crippen LogP) is 1.04. The van der Waals surface area contributed by atoms with Gasteiger partial charge in [-0.1, -0.05) is 30.7 Å². The summed E-state index contributed by atoms with van der Waals surface area (Å²) in [4.78, 5) is 29.0. The second-order valence-electron chi connectivity index (χ2n) is 7.55. The second kappa shape index (κ2) is 10.1. The Morgan fingerprint density at radius 2 is 1.90 bits per heavy atom. The fourth-order valence-corrected chi connectivity index (χ4v) is 5.22. The number of hydrogen-bond acceptors (Lipinski definition) is 5. The van der Waals surface area contributed by atoms with Crippen molar-refractivity contribution < 1.29 is 22.7 Å². The number of nitrogens with one attached hydrogen (secondary N) is 1. The van der Waals surface area contributed by atoms with Gasteiger partial charge in [0.05, 0.1) is 19.0 Å². The third-order valence-electron chi connectivity index (χ3n) is 5.51. The standard InChI is InChI=1S/C20H28ClN3O5S/c1-2-18(20(26)23-10-12-29-13-11-23)24-9-7-17(19(24)25)22-30(27,28)14-8-15-3-5-16(21)6-4-15/h3-6,17-18,22H,2,7-14H2,1H3/t17-,18-/m0/s1. The quantitative estimate of drug-likeness (QED) is 0.629. The largest absolute Gasteiger partial charge is 0.378 e. The summed E-state index contributed by atoms with van der Waals surface area (Å²) in [6.07, 6.45) is 1.16. The van der Waals surface area contributed by atoms with Gasteiger partial charge in [-0.2, -0.15) is 0 Å². The molecule has 30 heavy (non-hydrogen) atoms. The van der Waals surface area contributed by atoms with Crippen LogP contribution in [0.2, 0.25) is 5.02 Å². The minimum atomic E-state index is -3.65. The van der Waals surface area contributed by atoms with Crippen molar-refractivity contribution in [1.29, 1.82) is 0 Å². The van der Waals surface area contributed by atoms with Crippen molar-refractivity contribution in [2.75, 3.05) is 38.6 Å². The SMILES string of the molecule is CC[C@@H](C(=O)N1CCOCC1)N1CC[C@H](NS(=O)(=O)CCc2ccc(Cl)cc2)C1=O. The van der Waals surface area contributed by atoms with Crippen LogP contribution in [0.5, 0.6) is 0 Å². The molecule has 2 aliphatic heterocycles. The summed E-state index contributed by atoms with van der Waals surface area (Å²) in [5.74, 6) is -0.554. The van der Waals surface area contributed by atoms with Crippen LogP contribution in [0.4, 0.5) is 0 Å². The summed E-state index contributed by atoms with van der Waals surface area (Å²) >= 11 is 5.85. The molecule has 1 aromatic rings. The van der Waals surface area contributed by atoms with Crippen molar-refractivity contribution in [3.63, 3.8) is 0 Å². The Bertz CT molecular complexity index is 856. The topological polar surface area (TPSA) is 96.0 Å². The number of halogens is 1. The van der Waals surface area contributed by atoms with Gasteiger partial charge >= 0.3 is 0 Å². The lowest BCUT2D eigenvalue weighted by molar-refractivity contribution is -0.146. The zero-order valence-electron chi connectivity index (χ0n) is 17.0. The Morgan fingerprint density at radius 1 is 1.23 bits per heavy atom. The third-order valence-corrected chi connectivity index (χ3v) is 7.14. The van der Waals surface area contributed by atoms with E-state index in [9.17, 15) is 18.0 Å². The summed E-state index contributed by atoms with van der Waals surface area (Å²) in [5.41, 5.74) is 0.853. The smallest absolute Gasteiger partial charge is 0.245 e. The van der Waals surface area contributed by atoms with Gasteiger partial charge in [0.2, 0.25) is 21.8 Å². The monoisotopic (exact) mass is 457 g/mol. The van der Waals surface area contributed by atoms with Gasteiger partial charge in [0.25, 0.3) is 0 Å². The molecule has 2 fully saturated rings. The Labute approximate surface area is 182 Å². The summed E-state index contributed by atoms with van der Waals surface area (Å²) in [5, 5.41) is 0.591. The first-order valence-electron chi connectivity index (χ1n) is 10.2. The number of nitrogens with zero attached hydrogens (tertiary/aromatic N) is 2. The zero-order chi connectivity index (χ0) is 21.7. The summed E-state index contributed by atoms with van der Waals surface area (Å²) in [6, 6.07) is 5.59. The van der Waals surface area contributed by atoms with Crippen molar-refractivity contribution >= 4 is 33.4 Å². The van der Waals surface area contributed by atoms with Gasteiger partial charge in [0.15, 0.2) is 0 Å². The average Bonchev–Trinajstić information content (AvgIpc) is 3.08. The van der Waals surface area contributed by atoms with Gasteiger partial charge in [-0.15, -0.1) is 0 Å². The van der Waals surface area contributed by atoms with E-state index in [-0.39, 0.29) is 17.6 Å². The number of sulfonamides is 1. The molecule has 166 valence electrons. The molecular weight excluding hydrogens is 430 g/mol. The summed E-state index contributed by atoms with van der Waals surface area (Å²) < 4.78 is 32.8. The highest BCUT2D eigenvalue weighted by molar-refractivity contribution is 7.89. The number of amides is 2. The molecule has 0 bridgehead atoms. The maximum Gasteiger partial charge on any atom is 0.245 e. The van der Waals surface area contributed by atoms with Crippen LogP contribution in [-0.2, 0) is 30.8 Å². The zero-order valence-corrected chi connectivity index (χ0v) is 18.6. The number of morpholine rings is 1. The van der Waals surface area contributed by atoms with E-state index in [0.29, 0.717) is 57.1 Å². The van der Waals surface area contributed by atoms with Crippen LogP contribution in [0.25, 0.3) is 0 Å². The number of aryl methyl sites for hydroxylation is 1. The van der Waals surface area contributed by atoms with Crippen LogP contribution < -0.4 is 4.72 Å². The lowest BCUT2D eigenvalue weighted by atomic mass is 10.1. The lowest BCUT2D eigenvalue weighted by Crippen LogP contribution is -2.53. The first kappa shape index (κ1) is 23.0. The van der Waals surface area contributed by atoms with Crippen molar-refractivity contribution in [2.24, 2.45) is 0 Å². The molecule has 1 N–H and O–H groups in total. The highest BCUT2D eigenvalue weighted by Gasteiger charge is 2.41. The molecule has 0 unspecified atom stereocenters. The van der Waals surface area contributed by atoms with E-state index in [4.69, 9.17) is 16.3 Å². The molecular formula is C20H28ClN3O5S. The van der Waals surface area contributed by atoms with Crippen LogP contribution in [0.15, 0.2) is 24.3 Å². The molecule has 0 spiro atoms. The molecule has 0 aromatic heterocycles.